The highest BCUT2D eigenvalue weighted by Gasteiger charge is 2.30. The van der Waals surface area contributed by atoms with E-state index in [1.165, 1.54) is 30.0 Å². The number of hydrogen-bond donors (Lipinski definition) is 1. The summed E-state index contributed by atoms with van der Waals surface area (Å²) < 4.78 is 3.38. The van der Waals surface area contributed by atoms with E-state index in [4.69, 9.17) is 0 Å². The first kappa shape index (κ1) is 29.9. The van der Waals surface area contributed by atoms with Crippen molar-refractivity contribution in [3.63, 3.8) is 0 Å². The van der Waals surface area contributed by atoms with Crippen molar-refractivity contribution < 1.29 is 15.0 Å². The van der Waals surface area contributed by atoms with Gasteiger partial charge in [-0.05, 0) is 35.4 Å². The highest BCUT2D eigenvalue weighted by Crippen LogP contribution is 2.45. The Labute approximate surface area is 274 Å². The molecule has 7 aromatic rings. The van der Waals surface area contributed by atoms with Crippen molar-refractivity contribution in [3.8, 4) is 44.8 Å². The molecule has 0 aliphatic carbocycles. The lowest BCUT2D eigenvalue weighted by Gasteiger charge is -2.05. The van der Waals surface area contributed by atoms with Crippen LogP contribution in [0.3, 0.4) is 0 Å². The van der Waals surface area contributed by atoms with E-state index in [9.17, 15) is 25.3 Å². The molecule has 0 fully saturated rings. The zero-order valence-electron chi connectivity index (χ0n) is 24.2. The SMILES string of the molecule is O=[N+]([O-])c1cccc(-c2nn3c(c2-c2ccncc2)SCC3O)c1.O=[N+]([O-])c1cccc(-c2nn3ccsc3c2-c2ccncc2)c1. The minimum Gasteiger partial charge on any atom is -0.371 e. The highest BCUT2D eigenvalue weighted by atomic mass is 32.2. The fourth-order valence-corrected chi connectivity index (χ4v) is 7.21. The maximum atomic E-state index is 11.1. The molecule has 0 radical (unpaired) electrons. The van der Waals surface area contributed by atoms with Crippen molar-refractivity contribution in [3.05, 3.63) is 129 Å². The number of thioether (sulfide) groups is 1. The van der Waals surface area contributed by atoms with Crippen LogP contribution in [0.15, 0.2) is 114 Å². The molecule has 1 aliphatic rings. The van der Waals surface area contributed by atoms with Gasteiger partial charge in [0.2, 0.25) is 0 Å². The van der Waals surface area contributed by atoms with Crippen molar-refractivity contribution in [2.45, 2.75) is 11.3 Å². The Morgan fingerprint density at radius 3 is 1.87 bits per heavy atom. The lowest BCUT2D eigenvalue weighted by Crippen LogP contribution is -2.06. The maximum absolute atomic E-state index is 11.1. The van der Waals surface area contributed by atoms with E-state index in [1.807, 2.05) is 41.9 Å². The molecule has 0 bridgehead atoms. The van der Waals surface area contributed by atoms with Crippen LogP contribution in [0.2, 0.25) is 0 Å². The summed E-state index contributed by atoms with van der Waals surface area (Å²) in [6, 6.07) is 20.5. The molecule has 6 heterocycles. The Bertz CT molecular complexity index is 2250. The van der Waals surface area contributed by atoms with Crippen LogP contribution in [0, 0.1) is 20.2 Å². The third kappa shape index (κ3) is 5.74. The molecule has 0 saturated carbocycles. The minimum atomic E-state index is -0.696. The van der Waals surface area contributed by atoms with Gasteiger partial charge in [-0.15, -0.1) is 23.1 Å². The van der Waals surface area contributed by atoms with E-state index in [0.717, 1.165) is 43.4 Å². The number of nitrogens with zero attached hydrogens (tertiary/aromatic N) is 8. The normalized spacial score (nSPS) is 13.6. The Balaban J connectivity index is 0.000000150. The lowest BCUT2D eigenvalue weighted by atomic mass is 10.0. The Morgan fingerprint density at radius 2 is 1.30 bits per heavy atom. The molecule has 15 heteroatoms. The first-order valence-corrected chi connectivity index (χ1v) is 15.9. The van der Waals surface area contributed by atoms with Crippen molar-refractivity contribution in [1.29, 1.82) is 0 Å². The van der Waals surface area contributed by atoms with Crippen molar-refractivity contribution >= 4 is 39.3 Å². The van der Waals surface area contributed by atoms with Gasteiger partial charge in [-0.1, -0.05) is 24.3 Å². The van der Waals surface area contributed by atoms with Crippen LogP contribution in [0.5, 0.6) is 0 Å². The summed E-state index contributed by atoms with van der Waals surface area (Å²) in [5, 5.41) is 44.2. The lowest BCUT2D eigenvalue weighted by molar-refractivity contribution is -0.385. The molecular formula is C32H22N8O5S2. The van der Waals surface area contributed by atoms with Gasteiger partial charge in [-0.25, -0.2) is 9.20 Å². The highest BCUT2D eigenvalue weighted by molar-refractivity contribution is 7.99. The molecule has 1 atom stereocenters. The average molecular weight is 663 g/mol. The van der Waals surface area contributed by atoms with Crippen LogP contribution in [-0.2, 0) is 0 Å². The third-order valence-electron chi connectivity index (χ3n) is 7.36. The molecule has 47 heavy (non-hydrogen) atoms. The van der Waals surface area contributed by atoms with Gasteiger partial charge >= 0.3 is 0 Å². The van der Waals surface area contributed by atoms with Gasteiger partial charge in [0, 0.05) is 88.6 Å². The number of aliphatic hydroxyl groups excluding tert-OH is 1. The van der Waals surface area contributed by atoms with Gasteiger partial charge in [-0.3, -0.25) is 30.2 Å². The Morgan fingerprint density at radius 1 is 0.745 bits per heavy atom. The van der Waals surface area contributed by atoms with Gasteiger partial charge < -0.3 is 5.11 Å². The van der Waals surface area contributed by atoms with E-state index in [0.29, 0.717) is 17.0 Å². The molecule has 13 nitrogen and oxygen atoms in total. The topological polar surface area (TPSA) is 167 Å². The van der Waals surface area contributed by atoms with Gasteiger partial charge in [0.05, 0.1) is 9.85 Å². The summed E-state index contributed by atoms with van der Waals surface area (Å²) in [5.74, 6) is 0.537. The first-order chi connectivity index (χ1) is 22.9. The van der Waals surface area contributed by atoms with Gasteiger partial charge in [0.1, 0.15) is 21.2 Å². The molecule has 1 unspecified atom stereocenters. The molecule has 5 aromatic heterocycles. The smallest absolute Gasteiger partial charge is 0.270 e. The fourth-order valence-electron chi connectivity index (χ4n) is 5.26. The second-order valence-corrected chi connectivity index (χ2v) is 12.1. The van der Waals surface area contributed by atoms with Crippen LogP contribution in [0.25, 0.3) is 49.6 Å². The number of non-ortho nitro benzene ring substituents is 2. The number of hydrogen-bond acceptors (Lipinski definition) is 11. The van der Waals surface area contributed by atoms with E-state index in [2.05, 4.69) is 20.2 Å². The van der Waals surface area contributed by atoms with Crippen LogP contribution in [0.1, 0.15) is 6.23 Å². The number of benzene rings is 2. The summed E-state index contributed by atoms with van der Waals surface area (Å²) in [5.41, 5.74) is 6.50. The van der Waals surface area contributed by atoms with Crippen LogP contribution in [-0.4, -0.2) is 50.1 Å². The molecule has 2 aromatic carbocycles. The number of thiazole rings is 1. The van der Waals surface area contributed by atoms with E-state index in [-0.39, 0.29) is 11.4 Å². The first-order valence-electron chi connectivity index (χ1n) is 14.1. The predicted octanol–water partition coefficient (Wildman–Crippen LogP) is 7.15. The van der Waals surface area contributed by atoms with E-state index >= 15 is 0 Å². The molecule has 0 amide bonds. The number of pyridine rings is 2. The van der Waals surface area contributed by atoms with Crippen LogP contribution in [0.4, 0.5) is 11.4 Å². The van der Waals surface area contributed by atoms with Gasteiger partial charge in [0.25, 0.3) is 11.4 Å². The summed E-state index contributed by atoms with van der Waals surface area (Å²) in [6.07, 6.45) is 8.01. The molecule has 232 valence electrons. The molecular weight excluding hydrogens is 641 g/mol. The third-order valence-corrected chi connectivity index (χ3v) is 9.37. The number of fused-ring (bicyclic) bond motifs is 2. The summed E-state index contributed by atoms with van der Waals surface area (Å²) in [7, 11) is 0. The summed E-state index contributed by atoms with van der Waals surface area (Å²) in [4.78, 5) is 30.3. The molecule has 8 rings (SSSR count). The fraction of sp³-hybridized carbons (Fsp3) is 0.0625. The summed E-state index contributed by atoms with van der Waals surface area (Å²) >= 11 is 3.10. The van der Waals surface area contributed by atoms with Crippen molar-refractivity contribution in [1.82, 2.24) is 29.4 Å². The molecule has 1 N–H and O–H groups in total. The second kappa shape index (κ2) is 12.6. The molecule has 0 spiro atoms. The zero-order chi connectivity index (χ0) is 32.5. The quantitative estimate of drug-likeness (QED) is 0.143. The number of aliphatic hydroxyl groups is 1. The van der Waals surface area contributed by atoms with Crippen LogP contribution >= 0.6 is 23.1 Å². The Hall–Kier alpha value is -5.77. The molecule has 0 saturated heterocycles. The van der Waals surface area contributed by atoms with Gasteiger partial charge in [0.15, 0.2) is 6.23 Å². The van der Waals surface area contributed by atoms with E-state index in [1.54, 1.807) is 69.6 Å². The zero-order valence-corrected chi connectivity index (χ0v) is 25.8. The predicted molar refractivity (Wildman–Crippen MR) is 178 cm³/mol. The van der Waals surface area contributed by atoms with Gasteiger partial charge in [-0.2, -0.15) is 10.2 Å². The second-order valence-electron chi connectivity index (χ2n) is 10.2. The van der Waals surface area contributed by atoms with Crippen LogP contribution < -0.4 is 0 Å². The number of nitro benzene ring substituents is 2. The minimum absolute atomic E-state index is 0.00883. The van der Waals surface area contributed by atoms with Crippen molar-refractivity contribution in [2.75, 3.05) is 5.75 Å². The number of rotatable bonds is 6. The number of nitro groups is 2. The maximum Gasteiger partial charge on any atom is 0.270 e. The molecule has 1 aliphatic heterocycles. The number of aromatic nitrogens is 6. The monoisotopic (exact) mass is 662 g/mol. The standard InChI is InChI=1S/C16H12N4O3S.C16H10N4O2S/c21-13-9-24-16-14(10-4-6-17-7-5-10)15(18-19(13)16)11-2-1-3-12(8-11)20(22)23;21-20(22)13-3-1-2-12(10-13)15-14(11-4-6-17-7-5-11)16-19(18-15)8-9-23-16/h1-8,13,21H,9H2;1-10H. The average Bonchev–Trinajstić information content (AvgIpc) is 3.88. The van der Waals surface area contributed by atoms with Crippen molar-refractivity contribution in [2.24, 2.45) is 0 Å². The van der Waals surface area contributed by atoms with E-state index < -0.39 is 16.1 Å². The Kier molecular flexibility index (Phi) is 7.99. The largest absolute Gasteiger partial charge is 0.371 e. The summed E-state index contributed by atoms with van der Waals surface area (Å²) in [6.45, 7) is 0.